The second-order valence-corrected chi connectivity index (χ2v) is 6.45. The summed E-state index contributed by atoms with van der Waals surface area (Å²) in [7, 11) is 0. The molecule has 0 aliphatic carbocycles. The van der Waals surface area contributed by atoms with Crippen LogP contribution in [0.1, 0.15) is 12.8 Å². The quantitative estimate of drug-likeness (QED) is 0.846. The molecule has 0 saturated carbocycles. The van der Waals surface area contributed by atoms with Gasteiger partial charge in [-0.3, -0.25) is 10.1 Å². The first-order valence-electron chi connectivity index (χ1n) is 7.79. The molecule has 0 radical (unpaired) electrons. The molecule has 1 fully saturated rings. The predicted molar refractivity (Wildman–Crippen MR) is 98.1 cm³/mol. The maximum absolute atomic E-state index is 12.6. The molecule has 130 valence electrons. The fraction of sp³-hybridized carbons (Fsp3) is 0.235. The van der Waals surface area contributed by atoms with Crippen LogP contribution in [0, 0.1) is 0 Å². The largest absolute Gasteiger partial charge is 0.323 e. The van der Waals surface area contributed by atoms with Crippen molar-refractivity contribution in [1.29, 1.82) is 0 Å². The summed E-state index contributed by atoms with van der Waals surface area (Å²) >= 11 is 12.0. The average molecular weight is 379 g/mol. The first kappa shape index (κ1) is 17.5. The fourth-order valence-electron chi connectivity index (χ4n) is 2.71. The zero-order chi connectivity index (χ0) is 17.8. The van der Waals surface area contributed by atoms with Gasteiger partial charge in [0.1, 0.15) is 11.9 Å². The Kier molecular flexibility index (Phi) is 5.40. The molecule has 0 spiro atoms. The first-order chi connectivity index (χ1) is 12.0. The maximum atomic E-state index is 12.6. The van der Waals surface area contributed by atoms with E-state index in [0.717, 1.165) is 6.42 Å². The van der Waals surface area contributed by atoms with Crippen LogP contribution in [-0.4, -0.2) is 34.4 Å². The molecule has 0 bridgehead atoms. The normalized spacial score (nSPS) is 16.6. The second-order valence-electron chi connectivity index (χ2n) is 5.61. The molecule has 2 N–H and O–H groups in total. The summed E-state index contributed by atoms with van der Waals surface area (Å²) in [5, 5.41) is 6.31. The Bertz CT molecular complexity index is 785. The van der Waals surface area contributed by atoms with Crippen LogP contribution in [0.4, 0.5) is 16.3 Å². The molecule has 3 amide bonds. The van der Waals surface area contributed by atoms with Crippen LogP contribution in [0.3, 0.4) is 0 Å². The van der Waals surface area contributed by atoms with Crippen molar-refractivity contribution in [2.75, 3.05) is 17.2 Å². The number of urea groups is 1. The standard InChI is InChI=1S/C17H16Cl2N4O2/c18-11-6-7-12(19)13(10-11)21-16(24)14-4-3-9-23(14)17(25)22-15-5-1-2-8-20-15/h1-2,5-8,10,14H,3-4,9H2,(H,21,24)(H,20,22,25)/t14-/m1/s1. The second kappa shape index (κ2) is 7.72. The van der Waals surface area contributed by atoms with Gasteiger partial charge in [-0.15, -0.1) is 0 Å². The molecule has 1 aromatic carbocycles. The minimum absolute atomic E-state index is 0.294. The molecule has 1 saturated heterocycles. The summed E-state index contributed by atoms with van der Waals surface area (Å²) in [6, 6.07) is 9.13. The van der Waals surface area contributed by atoms with Gasteiger partial charge in [-0.2, -0.15) is 0 Å². The van der Waals surface area contributed by atoms with Crippen molar-refractivity contribution in [3.63, 3.8) is 0 Å². The molecular weight excluding hydrogens is 363 g/mol. The molecule has 2 aromatic rings. The number of amides is 3. The van der Waals surface area contributed by atoms with Crippen LogP contribution in [0.25, 0.3) is 0 Å². The number of carbonyl (C=O) groups excluding carboxylic acids is 2. The highest BCUT2D eigenvalue weighted by molar-refractivity contribution is 6.35. The summed E-state index contributed by atoms with van der Waals surface area (Å²) in [6.07, 6.45) is 2.92. The number of carbonyl (C=O) groups is 2. The zero-order valence-corrected chi connectivity index (χ0v) is 14.7. The Balaban J connectivity index is 1.69. The van der Waals surface area contributed by atoms with Gasteiger partial charge in [0.25, 0.3) is 0 Å². The number of hydrogen-bond acceptors (Lipinski definition) is 3. The average Bonchev–Trinajstić information content (AvgIpc) is 3.09. The Morgan fingerprint density at radius 2 is 2.00 bits per heavy atom. The molecule has 1 aromatic heterocycles. The molecule has 8 heteroatoms. The van der Waals surface area contributed by atoms with Crippen molar-refractivity contribution in [3.8, 4) is 0 Å². The number of anilines is 2. The lowest BCUT2D eigenvalue weighted by Crippen LogP contribution is -2.45. The third-order valence-electron chi connectivity index (χ3n) is 3.90. The van der Waals surface area contributed by atoms with E-state index in [4.69, 9.17) is 23.2 Å². The minimum Gasteiger partial charge on any atom is -0.323 e. The highest BCUT2D eigenvalue weighted by Crippen LogP contribution is 2.27. The molecule has 3 rings (SSSR count). The summed E-state index contributed by atoms with van der Waals surface area (Å²) in [6.45, 7) is 0.500. The number of pyridine rings is 1. The monoisotopic (exact) mass is 378 g/mol. The van der Waals surface area contributed by atoms with Gasteiger partial charge in [0.15, 0.2) is 0 Å². The summed E-state index contributed by atoms with van der Waals surface area (Å²) < 4.78 is 0. The van der Waals surface area contributed by atoms with Gasteiger partial charge in [-0.25, -0.2) is 9.78 Å². The number of nitrogens with zero attached hydrogens (tertiary/aromatic N) is 2. The Hall–Kier alpha value is -2.31. The van der Waals surface area contributed by atoms with Crippen molar-refractivity contribution in [2.45, 2.75) is 18.9 Å². The highest BCUT2D eigenvalue weighted by Gasteiger charge is 2.34. The van der Waals surface area contributed by atoms with E-state index in [1.54, 1.807) is 42.6 Å². The number of nitrogens with one attached hydrogen (secondary N) is 2. The van der Waals surface area contributed by atoms with Gasteiger partial charge in [0, 0.05) is 17.8 Å². The third kappa shape index (κ3) is 4.21. The van der Waals surface area contributed by atoms with Crippen LogP contribution in [0.5, 0.6) is 0 Å². The van der Waals surface area contributed by atoms with Gasteiger partial charge >= 0.3 is 6.03 Å². The lowest BCUT2D eigenvalue weighted by atomic mass is 10.2. The van der Waals surface area contributed by atoms with E-state index >= 15 is 0 Å². The van der Waals surface area contributed by atoms with E-state index in [2.05, 4.69) is 15.6 Å². The molecule has 25 heavy (non-hydrogen) atoms. The first-order valence-corrected chi connectivity index (χ1v) is 8.55. The number of rotatable bonds is 3. The van der Waals surface area contributed by atoms with E-state index < -0.39 is 6.04 Å². The number of likely N-dealkylation sites (tertiary alicyclic amines) is 1. The van der Waals surface area contributed by atoms with Gasteiger partial charge in [0.05, 0.1) is 10.7 Å². The lowest BCUT2D eigenvalue weighted by molar-refractivity contribution is -0.119. The number of halogens is 2. The minimum atomic E-state index is -0.571. The number of hydrogen-bond donors (Lipinski definition) is 2. The van der Waals surface area contributed by atoms with Crippen molar-refractivity contribution in [1.82, 2.24) is 9.88 Å². The molecular formula is C17H16Cl2N4O2. The van der Waals surface area contributed by atoms with E-state index in [1.165, 1.54) is 4.90 Å². The molecule has 2 heterocycles. The Labute approximate surface area is 155 Å². The van der Waals surface area contributed by atoms with Gasteiger partial charge in [0.2, 0.25) is 5.91 Å². The summed E-state index contributed by atoms with van der Waals surface area (Å²) in [5.74, 6) is 0.147. The van der Waals surface area contributed by atoms with Crippen molar-refractivity contribution in [2.24, 2.45) is 0 Å². The van der Waals surface area contributed by atoms with Gasteiger partial charge < -0.3 is 10.2 Å². The number of benzene rings is 1. The van der Waals surface area contributed by atoms with Crippen molar-refractivity contribution < 1.29 is 9.59 Å². The molecule has 1 atom stereocenters. The Morgan fingerprint density at radius 1 is 1.16 bits per heavy atom. The van der Waals surface area contributed by atoms with Crippen LogP contribution in [-0.2, 0) is 4.79 Å². The van der Waals surface area contributed by atoms with E-state index in [9.17, 15) is 9.59 Å². The predicted octanol–water partition coefficient (Wildman–Crippen LogP) is 4.02. The zero-order valence-electron chi connectivity index (χ0n) is 13.2. The topological polar surface area (TPSA) is 74.3 Å². The van der Waals surface area contributed by atoms with Crippen molar-refractivity contribution in [3.05, 3.63) is 52.6 Å². The van der Waals surface area contributed by atoms with Crippen molar-refractivity contribution >= 4 is 46.6 Å². The van der Waals surface area contributed by atoms with Gasteiger partial charge in [-0.05, 0) is 43.2 Å². The lowest BCUT2D eigenvalue weighted by Gasteiger charge is -2.24. The van der Waals surface area contributed by atoms with E-state index in [1.807, 2.05) is 0 Å². The van der Waals surface area contributed by atoms with Crippen LogP contribution in [0.15, 0.2) is 42.6 Å². The molecule has 6 nitrogen and oxygen atoms in total. The van der Waals surface area contributed by atoms with E-state index in [-0.39, 0.29) is 11.9 Å². The highest BCUT2D eigenvalue weighted by atomic mass is 35.5. The number of aromatic nitrogens is 1. The van der Waals surface area contributed by atoms with Crippen LogP contribution >= 0.6 is 23.2 Å². The van der Waals surface area contributed by atoms with E-state index in [0.29, 0.717) is 34.5 Å². The smallest absolute Gasteiger partial charge is 0.323 e. The fourth-order valence-corrected chi connectivity index (χ4v) is 3.05. The summed E-state index contributed by atoms with van der Waals surface area (Å²) in [5.41, 5.74) is 0.427. The maximum Gasteiger partial charge on any atom is 0.323 e. The Morgan fingerprint density at radius 3 is 2.76 bits per heavy atom. The molecule has 0 unspecified atom stereocenters. The summed E-state index contributed by atoms with van der Waals surface area (Å²) in [4.78, 5) is 30.6. The van der Waals surface area contributed by atoms with Crippen LogP contribution < -0.4 is 10.6 Å². The molecule has 1 aliphatic heterocycles. The molecule has 1 aliphatic rings. The third-order valence-corrected chi connectivity index (χ3v) is 4.47. The van der Waals surface area contributed by atoms with Gasteiger partial charge in [-0.1, -0.05) is 29.3 Å². The van der Waals surface area contributed by atoms with Crippen LogP contribution in [0.2, 0.25) is 10.0 Å². The SMILES string of the molecule is O=C(Nc1cc(Cl)ccc1Cl)[C@H]1CCCN1C(=O)Nc1ccccn1.